The predicted molar refractivity (Wildman–Crippen MR) is 89.5 cm³/mol. The van der Waals surface area contributed by atoms with E-state index in [2.05, 4.69) is 5.32 Å². The van der Waals surface area contributed by atoms with Gasteiger partial charge in [0.25, 0.3) is 0 Å². The van der Waals surface area contributed by atoms with Crippen molar-refractivity contribution in [3.8, 4) is 17.2 Å². The molecule has 5 heteroatoms. The number of rotatable bonds is 7. The Morgan fingerprint density at radius 3 is 2.43 bits per heavy atom. The molecule has 0 aromatic heterocycles. The Labute approximate surface area is 136 Å². The lowest BCUT2D eigenvalue weighted by Gasteiger charge is -2.11. The highest BCUT2D eigenvalue weighted by molar-refractivity contribution is 5.91. The van der Waals surface area contributed by atoms with Gasteiger partial charge in [0.05, 0.1) is 27.2 Å². The molecule has 2 aromatic carbocycles. The van der Waals surface area contributed by atoms with E-state index in [9.17, 15) is 4.79 Å². The van der Waals surface area contributed by atoms with Gasteiger partial charge in [0.2, 0.25) is 5.91 Å². The summed E-state index contributed by atoms with van der Waals surface area (Å²) in [5.74, 6) is 1.87. The minimum atomic E-state index is -0.120. The first-order chi connectivity index (χ1) is 11.1. The number of nitrogens with one attached hydrogen (secondary N) is 1. The number of aryl methyl sites for hydroxylation is 1. The standard InChI is InChI=1S/C18H21NO4/c1-13-6-4-5-7-15(13)23-11-10-18(20)19-14-8-9-16(21-2)17(12-14)22-3/h4-9,12H,10-11H2,1-3H3,(H,19,20). The molecule has 0 fully saturated rings. The quantitative estimate of drug-likeness (QED) is 0.850. The SMILES string of the molecule is COc1ccc(NC(=O)CCOc2ccccc2C)cc1OC. The molecule has 2 aromatic rings. The zero-order valence-corrected chi connectivity index (χ0v) is 13.6. The molecule has 0 spiro atoms. The number of hydrogen-bond acceptors (Lipinski definition) is 4. The Bertz CT molecular complexity index is 670. The minimum absolute atomic E-state index is 0.120. The number of carbonyl (C=O) groups is 1. The van der Waals surface area contributed by atoms with Crippen LogP contribution in [0.5, 0.6) is 17.2 Å². The Hall–Kier alpha value is -2.69. The maximum Gasteiger partial charge on any atom is 0.227 e. The summed E-state index contributed by atoms with van der Waals surface area (Å²) in [6.45, 7) is 2.29. The zero-order valence-electron chi connectivity index (χ0n) is 13.6. The van der Waals surface area contributed by atoms with E-state index in [1.807, 2.05) is 31.2 Å². The molecule has 0 aliphatic carbocycles. The number of methoxy groups -OCH3 is 2. The van der Waals surface area contributed by atoms with Crippen molar-refractivity contribution in [2.24, 2.45) is 0 Å². The van der Waals surface area contributed by atoms with Crippen LogP contribution in [-0.4, -0.2) is 26.7 Å². The number of carbonyl (C=O) groups excluding carboxylic acids is 1. The van der Waals surface area contributed by atoms with Crippen LogP contribution in [0.4, 0.5) is 5.69 Å². The fraction of sp³-hybridized carbons (Fsp3) is 0.278. The highest BCUT2D eigenvalue weighted by atomic mass is 16.5. The highest BCUT2D eigenvalue weighted by Gasteiger charge is 2.08. The second-order valence-electron chi connectivity index (χ2n) is 4.98. The molecule has 1 N–H and O–H groups in total. The van der Waals surface area contributed by atoms with Gasteiger partial charge in [-0.15, -0.1) is 0 Å². The van der Waals surface area contributed by atoms with Crippen molar-refractivity contribution in [3.63, 3.8) is 0 Å². The normalized spacial score (nSPS) is 10.0. The monoisotopic (exact) mass is 315 g/mol. The summed E-state index contributed by atoms with van der Waals surface area (Å²) < 4.78 is 16.0. The number of benzene rings is 2. The van der Waals surface area contributed by atoms with Gasteiger partial charge in [-0.25, -0.2) is 0 Å². The van der Waals surface area contributed by atoms with Crippen molar-refractivity contribution in [2.75, 3.05) is 26.1 Å². The average Bonchev–Trinajstić information content (AvgIpc) is 2.56. The van der Waals surface area contributed by atoms with Crippen molar-refractivity contribution in [1.29, 1.82) is 0 Å². The largest absolute Gasteiger partial charge is 0.493 e. The van der Waals surface area contributed by atoms with E-state index in [1.54, 1.807) is 32.4 Å². The van der Waals surface area contributed by atoms with Gasteiger partial charge in [-0.2, -0.15) is 0 Å². The van der Waals surface area contributed by atoms with E-state index in [0.29, 0.717) is 23.8 Å². The predicted octanol–water partition coefficient (Wildman–Crippen LogP) is 3.42. The maximum atomic E-state index is 12.0. The lowest BCUT2D eigenvalue weighted by molar-refractivity contribution is -0.116. The van der Waals surface area contributed by atoms with Crippen molar-refractivity contribution in [2.45, 2.75) is 13.3 Å². The third kappa shape index (κ3) is 4.64. The first kappa shape index (κ1) is 16.7. The number of ether oxygens (including phenoxy) is 3. The number of amides is 1. The summed E-state index contributed by atoms with van der Waals surface area (Å²) in [4.78, 5) is 12.0. The van der Waals surface area contributed by atoms with Gasteiger partial charge in [0.15, 0.2) is 11.5 Å². The molecule has 0 radical (unpaired) electrons. The van der Waals surface area contributed by atoms with Gasteiger partial charge in [0, 0.05) is 11.8 Å². The summed E-state index contributed by atoms with van der Waals surface area (Å²) in [5, 5.41) is 2.81. The Morgan fingerprint density at radius 1 is 1.00 bits per heavy atom. The molecular formula is C18H21NO4. The molecule has 23 heavy (non-hydrogen) atoms. The van der Waals surface area contributed by atoms with Crippen molar-refractivity contribution in [3.05, 3.63) is 48.0 Å². The zero-order chi connectivity index (χ0) is 16.7. The Morgan fingerprint density at radius 2 is 1.74 bits per heavy atom. The second kappa shape index (κ2) is 8.08. The van der Waals surface area contributed by atoms with Gasteiger partial charge in [-0.1, -0.05) is 18.2 Å². The van der Waals surface area contributed by atoms with Crippen LogP contribution < -0.4 is 19.5 Å². The van der Waals surface area contributed by atoms with Gasteiger partial charge in [0.1, 0.15) is 5.75 Å². The maximum absolute atomic E-state index is 12.0. The molecule has 0 aliphatic rings. The molecule has 122 valence electrons. The third-order valence-corrected chi connectivity index (χ3v) is 3.35. The number of hydrogen-bond donors (Lipinski definition) is 1. The summed E-state index contributed by atoms with van der Waals surface area (Å²) in [7, 11) is 3.12. The molecule has 0 heterocycles. The second-order valence-corrected chi connectivity index (χ2v) is 4.98. The minimum Gasteiger partial charge on any atom is -0.493 e. The van der Waals surface area contributed by atoms with E-state index >= 15 is 0 Å². The fourth-order valence-corrected chi connectivity index (χ4v) is 2.11. The van der Waals surface area contributed by atoms with Crippen LogP contribution in [0.25, 0.3) is 0 Å². The highest BCUT2D eigenvalue weighted by Crippen LogP contribution is 2.29. The van der Waals surface area contributed by atoms with Crippen molar-refractivity contribution in [1.82, 2.24) is 0 Å². The van der Waals surface area contributed by atoms with E-state index in [-0.39, 0.29) is 12.3 Å². The molecule has 0 unspecified atom stereocenters. The van der Waals surface area contributed by atoms with E-state index in [1.165, 1.54) is 0 Å². The van der Waals surface area contributed by atoms with E-state index in [4.69, 9.17) is 14.2 Å². The molecule has 0 bridgehead atoms. The van der Waals surface area contributed by atoms with Crippen LogP contribution in [0, 0.1) is 6.92 Å². The van der Waals surface area contributed by atoms with Crippen molar-refractivity contribution >= 4 is 11.6 Å². The lowest BCUT2D eigenvalue weighted by atomic mass is 10.2. The first-order valence-electron chi connectivity index (χ1n) is 7.34. The van der Waals surface area contributed by atoms with E-state index in [0.717, 1.165) is 11.3 Å². The molecule has 0 saturated heterocycles. The lowest BCUT2D eigenvalue weighted by Crippen LogP contribution is -2.15. The molecular weight excluding hydrogens is 294 g/mol. The molecule has 0 atom stereocenters. The average molecular weight is 315 g/mol. The number of para-hydroxylation sites is 1. The summed E-state index contributed by atoms with van der Waals surface area (Å²) in [6, 6.07) is 13.0. The number of anilines is 1. The summed E-state index contributed by atoms with van der Waals surface area (Å²) in [5.41, 5.74) is 1.70. The third-order valence-electron chi connectivity index (χ3n) is 3.35. The van der Waals surface area contributed by atoms with Crippen LogP contribution in [0.3, 0.4) is 0 Å². The van der Waals surface area contributed by atoms with Gasteiger partial charge >= 0.3 is 0 Å². The van der Waals surface area contributed by atoms with Crippen LogP contribution in [-0.2, 0) is 4.79 Å². The summed E-state index contributed by atoms with van der Waals surface area (Å²) in [6.07, 6.45) is 0.267. The fourth-order valence-electron chi connectivity index (χ4n) is 2.11. The van der Waals surface area contributed by atoms with Crippen molar-refractivity contribution < 1.29 is 19.0 Å². The van der Waals surface area contributed by atoms with Gasteiger partial charge < -0.3 is 19.5 Å². The van der Waals surface area contributed by atoms with Crippen LogP contribution in [0.15, 0.2) is 42.5 Å². The topological polar surface area (TPSA) is 56.8 Å². The molecule has 2 rings (SSSR count). The van der Waals surface area contributed by atoms with E-state index < -0.39 is 0 Å². The van der Waals surface area contributed by atoms with Gasteiger partial charge in [-0.3, -0.25) is 4.79 Å². The smallest absolute Gasteiger partial charge is 0.227 e. The van der Waals surface area contributed by atoms with Crippen LogP contribution in [0.2, 0.25) is 0 Å². The summed E-state index contributed by atoms with van der Waals surface area (Å²) >= 11 is 0. The van der Waals surface area contributed by atoms with Crippen LogP contribution >= 0.6 is 0 Å². The molecule has 0 aliphatic heterocycles. The molecule has 1 amide bonds. The van der Waals surface area contributed by atoms with Crippen LogP contribution in [0.1, 0.15) is 12.0 Å². The Kier molecular flexibility index (Phi) is 5.86. The Balaban J connectivity index is 1.86. The molecule has 5 nitrogen and oxygen atoms in total. The molecule has 0 saturated carbocycles. The van der Waals surface area contributed by atoms with Gasteiger partial charge in [-0.05, 0) is 30.7 Å². The first-order valence-corrected chi connectivity index (χ1v) is 7.34.